The van der Waals surface area contributed by atoms with E-state index in [1.165, 1.54) is 16.4 Å². The van der Waals surface area contributed by atoms with Gasteiger partial charge < -0.3 is 48.3 Å². The van der Waals surface area contributed by atoms with Gasteiger partial charge in [-0.05, 0) is 99.5 Å². The first-order valence-electron chi connectivity index (χ1n) is 22.4. The fraction of sp³-hybridized carbons (Fsp3) is 0.596. The molecular weight excluding hydrogens is 841 g/mol. The standard InChI is InChI=1S/C33H41N5O6.C13H21NO6.CH4/c1-21-8-13-36(14-9-21)30(39)28(20-23-18-22(2)29-27(19-23)43-32(41)35(29)3)44-33(42)37-15-11-25(12-16-37)38-17-10-24-6-4-5-7-26(24)34-31(38)40;1-4-18-13(17)20-10(3)19-12(16)11(15)14-7-5-9(2)6-8-14;/h4-7,18-19,21,25,28H,8-17,20H2,1-3H3,(H,34,40);9-10H,4-8H2,1-3H3;1H4/t28-;;/m1../s1. The van der Waals surface area contributed by atoms with E-state index in [0.717, 1.165) is 54.5 Å². The summed E-state index contributed by atoms with van der Waals surface area (Å²) >= 11 is 0. The Kier molecular flexibility index (Phi) is 17.4. The number of piperidine rings is 3. The highest BCUT2D eigenvalue weighted by Crippen LogP contribution is 2.27. The van der Waals surface area contributed by atoms with Gasteiger partial charge in [0.25, 0.3) is 5.91 Å². The van der Waals surface area contributed by atoms with Crippen molar-refractivity contribution in [1.29, 1.82) is 0 Å². The van der Waals surface area contributed by atoms with Crippen LogP contribution in [0.25, 0.3) is 11.1 Å². The maximum absolute atomic E-state index is 13.8. The van der Waals surface area contributed by atoms with Crippen molar-refractivity contribution in [3.8, 4) is 0 Å². The van der Waals surface area contributed by atoms with Crippen molar-refractivity contribution in [2.24, 2.45) is 18.9 Å². The number of oxazole rings is 1. The van der Waals surface area contributed by atoms with Crippen LogP contribution in [-0.4, -0.2) is 131 Å². The van der Waals surface area contributed by atoms with E-state index in [-0.39, 0.29) is 38.4 Å². The molecule has 4 aliphatic heterocycles. The lowest BCUT2D eigenvalue weighted by Gasteiger charge is -2.38. The number of amides is 5. The molecule has 0 spiro atoms. The third-order valence-electron chi connectivity index (χ3n) is 12.5. The van der Waals surface area contributed by atoms with Gasteiger partial charge in [0.05, 0.1) is 12.1 Å². The van der Waals surface area contributed by atoms with E-state index in [1.807, 2.05) is 42.2 Å². The lowest BCUT2D eigenvalue weighted by Crippen LogP contribution is -2.51. The average molecular weight is 907 g/mol. The van der Waals surface area contributed by atoms with E-state index in [2.05, 4.69) is 28.6 Å². The van der Waals surface area contributed by atoms with Crippen molar-refractivity contribution >= 4 is 52.9 Å². The minimum Gasteiger partial charge on any atom is -0.436 e. The van der Waals surface area contributed by atoms with Crippen LogP contribution in [0.1, 0.15) is 90.3 Å². The molecule has 356 valence electrons. The van der Waals surface area contributed by atoms with Crippen molar-refractivity contribution in [1.82, 2.24) is 24.2 Å². The summed E-state index contributed by atoms with van der Waals surface area (Å²) < 4.78 is 26.8. The number of likely N-dealkylation sites (tertiary alicyclic amines) is 3. The van der Waals surface area contributed by atoms with Gasteiger partial charge in [-0.2, -0.15) is 0 Å². The Balaban J connectivity index is 0.000000319. The molecule has 1 N–H and O–H groups in total. The Bertz CT molecular complexity index is 2220. The lowest BCUT2D eigenvalue weighted by atomic mass is 9.98. The SMILES string of the molecule is C.CCOC(=O)OC(C)OC(=O)C(=O)N1CCC(C)CC1.Cc1cc(C[C@@H](OC(=O)N2CCC(N3CCc4ccccc4NC3=O)CC2)C(=O)N2CCC(C)CC2)cc2oc(=O)n(C)c12. The first-order valence-corrected chi connectivity index (χ1v) is 22.4. The predicted molar refractivity (Wildman–Crippen MR) is 241 cm³/mol. The number of anilines is 1. The number of hydrogen-bond donors (Lipinski definition) is 1. The zero-order valence-corrected chi connectivity index (χ0v) is 37.8. The molecule has 18 heteroatoms. The van der Waals surface area contributed by atoms with E-state index in [4.69, 9.17) is 13.9 Å². The van der Waals surface area contributed by atoms with Gasteiger partial charge in [0.1, 0.15) is 0 Å². The molecule has 18 nitrogen and oxygen atoms in total. The summed E-state index contributed by atoms with van der Waals surface area (Å²) in [5.74, 6) is -1.26. The summed E-state index contributed by atoms with van der Waals surface area (Å²) in [5, 5.41) is 3.03. The molecule has 0 saturated carbocycles. The molecule has 4 aliphatic rings. The third kappa shape index (κ3) is 12.8. The highest BCUT2D eigenvalue weighted by molar-refractivity contribution is 6.32. The highest BCUT2D eigenvalue weighted by Gasteiger charge is 2.36. The Morgan fingerprint density at radius 2 is 1.43 bits per heavy atom. The van der Waals surface area contributed by atoms with Crippen molar-refractivity contribution in [3.63, 3.8) is 0 Å². The van der Waals surface area contributed by atoms with E-state index >= 15 is 0 Å². The number of para-hydroxylation sites is 1. The van der Waals surface area contributed by atoms with Crippen molar-refractivity contribution < 1.29 is 52.1 Å². The molecule has 5 amide bonds. The molecule has 0 aliphatic carbocycles. The van der Waals surface area contributed by atoms with E-state index < -0.39 is 42.3 Å². The number of carbonyl (C=O) groups excluding carboxylic acids is 6. The van der Waals surface area contributed by atoms with Crippen molar-refractivity contribution in [3.05, 3.63) is 63.6 Å². The third-order valence-corrected chi connectivity index (χ3v) is 12.5. The van der Waals surface area contributed by atoms with Crippen LogP contribution < -0.4 is 11.1 Å². The van der Waals surface area contributed by atoms with Crippen LogP contribution in [0.2, 0.25) is 0 Å². The normalized spacial score (nSPS) is 18.2. The monoisotopic (exact) mass is 906 g/mol. The lowest BCUT2D eigenvalue weighted by molar-refractivity contribution is -0.177. The molecular formula is C47H66N6O12. The topological polar surface area (TPSA) is 199 Å². The Morgan fingerprint density at radius 1 is 0.815 bits per heavy atom. The summed E-state index contributed by atoms with van der Waals surface area (Å²) in [5.41, 5.74) is 4.72. The van der Waals surface area contributed by atoms with Crippen molar-refractivity contribution in [2.75, 3.05) is 57.7 Å². The Morgan fingerprint density at radius 3 is 2.08 bits per heavy atom. The maximum atomic E-state index is 13.8. The second-order valence-electron chi connectivity index (χ2n) is 17.3. The number of nitrogens with one attached hydrogen (secondary N) is 1. The number of rotatable bonds is 8. The van der Waals surface area contributed by atoms with Crippen LogP contribution in [0.4, 0.5) is 20.1 Å². The molecule has 0 radical (unpaired) electrons. The van der Waals surface area contributed by atoms with Crippen LogP contribution in [0.15, 0.2) is 45.6 Å². The van der Waals surface area contributed by atoms with Gasteiger partial charge in [0.15, 0.2) is 11.7 Å². The largest absolute Gasteiger partial charge is 0.511 e. The number of esters is 1. The average Bonchev–Trinajstić information content (AvgIpc) is 3.44. The fourth-order valence-electron chi connectivity index (χ4n) is 8.67. The summed E-state index contributed by atoms with van der Waals surface area (Å²) in [4.78, 5) is 93.7. The minimum atomic E-state index is -1.16. The highest BCUT2D eigenvalue weighted by atomic mass is 16.8. The van der Waals surface area contributed by atoms with E-state index in [0.29, 0.717) is 81.6 Å². The van der Waals surface area contributed by atoms with Crippen LogP contribution >= 0.6 is 0 Å². The summed E-state index contributed by atoms with van der Waals surface area (Å²) in [6.07, 6.45) is 2.15. The van der Waals surface area contributed by atoms with Gasteiger partial charge in [0.2, 0.25) is 6.29 Å². The summed E-state index contributed by atoms with van der Waals surface area (Å²) in [7, 11) is 1.66. The minimum absolute atomic E-state index is 0. The smallest absolute Gasteiger partial charge is 0.436 e. The Hall–Kier alpha value is -6.07. The summed E-state index contributed by atoms with van der Waals surface area (Å²) in [6.45, 7) is 13.1. The van der Waals surface area contributed by atoms with Crippen LogP contribution in [-0.2, 0) is 53.2 Å². The van der Waals surface area contributed by atoms with Gasteiger partial charge in [-0.25, -0.2) is 24.0 Å². The van der Waals surface area contributed by atoms with Gasteiger partial charge in [-0.1, -0.05) is 45.5 Å². The second-order valence-corrected chi connectivity index (χ2v) is 17.3. The molecule has 2 atom stereocenters. The molecule has 1 unspecified atom stereocenters. The first kappa shape index (κ1) is 49.9. The molecule has 3 fully saturated rings. The number of aromatic nitrogens is 1. The molecule has 65 heavy (non-hydrogen) atoms. The maximum Gasteiger partial charge on any atom is 0.511 e. The second kappa shape index (κ2) is 22.7. The zero-order valence-electron chi connectivity index (χ0n) is 37.8. The van der Waals surface area contributed by atoms with Crippen LogP contribution in [0.3, 0.4) is 0 Å². The van der Waals surface area contributed by atoms with E-state index in [1.54, 1.807) is 29.8 Å². The number of aryl methyl sites for hydroxylation is 2. The number of nitrogens with zero attached hydrogens (tertiary/aromatic N) is 5. The van der Waals surface area contributed by atoms with Gasteiger partial charge >= 0.3 is 35.9 Å². The van der Waals surface area contributed by atoms with Gasteiger partial charge in [-0.15, -0.1) is 0 Å². The number of urea groups is 1. The number of fused-ring (bicyclic) bond motifs is 2. The quantitative estimate of drug-likeness (QED) is 0.116. The molecule has 2 aromatic carbocycles. The first-order chi connectivity index (χ1) is 30.6. The van der Waals surface area contributed by atoms with Gasteiger partial charge in [-0.3, -0.25) is 14.2 Å². The van der Waals surface area contributed by atoms with Gasteiger partial charge in [0, 0.05) is 77.9 Å². The summed E-state index contributed by atoms with van der Waals surface area (Å²) in [6, 6.07) is 11.4. The molecule has 1 aromatic heterocycles. The van der Waals surface area contributed by atoms with Crippen molar-refractivity contribution in [2.45, 2.75) is 112 Å². The molecule has 3 aromatic rings. The number of hydrogen-bond acceptors (Lipinski definition) is 12. The van der Waals surface area contributed by atoms with E-state index in [9.17, 15) is 33.6 Å². The molecule has 0 bridgehead atoms. The fourth-order valence-corrected chi connectivity index (χ4v) is 8.67. The van der Waals surface area contributed by atoms with Crippen LogP contribution in [0, 0.1) is 18.8 Å². The predicted octanol–water partition coefficient (Wildman–Crippen LogP) is 6.24. The molecule has 7 rings (SSSR count). The zero-order chi connectivity index (χ0) is 46.1. The Labute approximate surface area is 380 Å². The molecule has 5 heterocycles. The number of benzene rings is 2. The van der Waals surface area contributed by atoms with Crippen LogP contribution in [0.5, 0.6) is 0 Å². The number of ether oxygens (including phenoxy) is 4. The number of carbonyl (C=O) groups is 6. The molecule has 3 saturated heterocycles.